The van der Waals surface area contributed by atoms with Gasteiger partial charge in [0.15, 0.2) is 0 Å². The zero-order chi connectivity index (χ0) is 10.4. The van der Waals surface area contributed by atoms with Crippen LogP contribution >= 0.6 is 0 Å². The molecule has 1 aromatic rings. The van der Waals surface area contributed by atoms with Crippen LogP contribution in [0.15, 0.2) is 18.2 Å². The van der Waals surface area contributed by atoms with Crippen LogP contribution < -0.4 is 10.1 Å². The Morgan fingerprint density at radius 2 is 2.14 bits per heavy atom. The molecule has 0 amide bonds. The summed E-state index contributed by atoms with van der Waals surface area (Å²) in [5.41, 5.74) is 2.68. The maximum Gasteiger partial charge on any atom is 0.123 e. The molecule has 1 N–H and O–H groups in total. The molecule has 0 aromatic heterocycles. The van der Waals surface area contributed by atoms with Gasteiger partial charge in [-0.15, -0.1) is 0 Å². The van der Waals surface area contributed by atoms with Gasteiger partial charge in [-0.2, -0.15) is 0 Å². The van der Waals surface area contributed by atoms with Crippen molar-refractivity contribution in [3.63, 3.8) is 0 Å². The molecule has 14 heavy (non-hydrogen) atoms. The average molecular weight is 193 g/mol. The standard InChI is InChI=1S/C12H19NO/c1-4-6-10-7-5-8-12(14-3)11(10)9-13-2/h5,7-8,13H,4,6,9H2,1-3H3. The maximum absolute atomic E-state index is 5.34. The number of hydrogen-bond acceptors (Lipinski definition) is 2. The van der Waals surface area contributed by atoms with E-state index in [9.17, 15) is 0 Å². The molecule has 0 aliphatic heterocycles. The van der Waals surface area contributed by atoms with E-state index in [0.717, 1.165) is 18.7 Å². The quantitative estimate of drug-likeness (QED) is 0.775. The zero-order valence-electron chi connectivity index (χ0n) is 9.26. The van der Waals surface area contributed by atoms with Gasteiger partial charge in [0.2, 0.25) is 0 Å². The third kappa shape index (κ3) is 2.48. The summed E-state index contributed by atoms with van der Waals surface area (Å²) in [6, 6.07) is 6.26. The Labute approximate surface area is 86.3 Å². The number of hydrogen-bond donors (Lipinski definition) is 1. The minimum absolute atomic E-state index is 0.874. The Morgan fingerprint density at radius 3 is 2.71 bits per heavy atom. The summed E-state index contributed by atoms with van der Waals surface area (Å²) in [7, 11) is 3.69. The fraction of sp³-hybridized carbons (Fsp3) is 0.500. The molecule has 0 radical (unpaired) electrons. The average Bonchev–Trinajstić information content (AvgIpc) is 2.21. The van der Waals surface area contributed by atoms with Crippen LogP contribution in [0.2, 0.25) is 0 Å². The molecule has 0 spiro atoms. The van der Waals surface area contributed by atoms with Crippen LogP contribution in [0.25, 0.3) is 0 Å². The lowest BCUT2D eigenvalue weighted by atomic mass is 10.0. The largest absolute Gasteiger partial charge is 0.496 e. The molecule has 1 rings (SSSR count). The van der Waals surface area contributed by atoms with Crippen molar-refractivity contribution in [3.8, 4) is 5.75 Å². The smallest absolute Gasteiger partial charge is 0.123 e. The molecule has 0 aliphatic rings. The van der Waals surface area contributed by atoms with Crippen molar-refractivity contribution in [1.82, 2.24) is 5.32 Å². The highest BCUT2D eigenvalue weighted by molar-refractivity contribution is 5.40. The van der Waals surface area contributed by atoms with Gasteiger partial charge in [-0.1, -0.05) is 25.5 Å². The van der Waals surface area contributed by atoms with Crippen LogP contribution in [-0.2, 0) is 13.0 Å². The summed E-state index contributed by atoms with van der Waals surface area (Å²) < 4.78 is 5.34. The summed E-state index contributed by atoms with van der Waals surface area (Å²) in [4.78, 5) is 0. The highest BCUT2D eigenvalue weighted by Gasteiger charge is 2.06. The highest BCUT2D eigenvalue weighted by atomic mass is 16.5. The lowest BCUT2D eigenvalue weighted by Crippen LogP contribution is -2.09. The Bertz CT molecular complexity index is 284. The van der Waals surface area contributed by atoms with Gasteiger partial charge in [0.1, 0.15) is 5.75 Å². The molecule has 1 aromatic carbocycles. The highest BCUT2D eigenvalue weighted by Crippen LogP contribution is 2.22. The molecule has 0 fully saturated rings. The second kappa shape index (κ2) is 5.66. The van der Waals surface area contributed by atoms with Crippen molar-refractivity contribution in [1.29, 1.82) is 0 Å². The first-order valence-corrected chi connectivity index (χ1v) is 5.12. The van der Waals surface area contributed by atoms with Gasteiger partial charge in [0, 0.05) is 12.1 Å². The van der Waals surface area contributed by atoms with E-state index in [1.165, 1.54) is 17.5 Å². The first-order chi connectivity index (χ1) is 6.83. The monoisotopic (exact) mass is 193 g/mol. The van der Waals surface area contributed by atoms with Gasteiger partial charge in [-0.25, -0.2) is 0 Å². The Balaban J connectivity index is 3.00. The number of nitrogens with one attached hydrogen (secondary N) is 1. The third-order valence-corrected chi connectivity index (χ3v) is 2.32. The van der Waals surface area contributed by atoms with Crippen molar-refractivity contribution in [2.24, 2.45) is 0 Å². The van der Waals surface area contributed by atoms with E-state index < -0.39 is 0 Å². The topological polar surface area (TPSA) is 21.3 Å². The van der Waals surface area contributed by atoms with E-state index in [1.807, 2.05) is 13.1 Å². The molecular weight excluding hydrogens is 174 g/mol. The van der Waals surface area contributed by atoms with Crippen molar-refractivity contribution < 1.29 is 4.74 Å². The molecule has 0 saturated carbocycles. The number of methoxy groups -OCH3 is 1. The first kappa shape index (κ1) is 11.1. The maximum atomic E-state index is 5.34. The second-order valence-corrected chi connectivity index (χ2v) is 3.38. The predicted octanol–water partition coefficient (Wildman–Crippen LogP) is 2.37. The van der Waals surface area contributed by atoms with Gasteiger partial charge >= 0.3 is 0 Å². The molecule has 0 aliphatic carbocycles. The predicted molar refractivity (Wildman–Crippen MR) is 59.8 cm³/mol. The molecule has 78 valence electrons. The molecule has 2 nitrogen and oxygen atoms in total. The fourth-order valence-corrected chi connectivity index (χ4v) is 1.68. The van der Waals surface area contributed by atoms with Gasteiger partial charge in [-0.05, 0) is 25.1 Å². The molecule has 2 heteroatoms. The summed E-state index contributed by atoms with van der Waals surface area (Å²) in [5, 5.41) is 3.18. The summed E-state index contributed by atoms with van der Waals surface area (Å²) in [6.45, 7) is 3.07. The second-order valence-electron chi connectivity index (χ2n) is 3.38. The Hall–Kier alpha value is -1.02. The van der Waals surface area contributed by atoms with Crippen LogP contribution in [0, 0.1) is 0 Å². The van der Waals surface area contributed by atoms with E-state index in [1.54, 1.807) is 7.11 Å². The van der Waals surface area contributed by atoms with Crippen molar-refractivity contribution >= 4 is 0 Å². The molecule has 0 bridgehead atoms. The van der Waals surface area contributed by atoms with Crippen LogP contribution in [0.1, 0.15) is 24.5 Å². The van der Waals surface area contributed by atoms with E-state index in [4.69, 9.17) is 4.74 Å². The molecular formula is C12H19NO. The third-order valence-electron chi connectivity index (χ3n) is 2.32. The number of aryl methyl sites for hydroxylation is 1. The van der Waals surface area contributed by atoms with E-state index in [0.29, 0.717) is 0 Å². The fourth-order valence-electron chi connectivity index (χ4n) is 1.68. The van der Waals surface area contributed by atoms with Crippen LogP contribution in [0.5, 0.6) is 5.75 Å². The summed E-state index contributed by atoms with van der Waals surface area (Å²) in [6.07, 6.45) is 2.29. The summed E-state index contributed by atoms with van der Waals surface area (Å²) >= 11 is 0. The number of ether oxygens (including phenoxy) is 1. The molecule has 0 unspecified atom stereocenters. The summed E-state index contributed by atoms with van der Waals surface area (Å²) in [5.74, 6) is 0.991. The SMILES string of the molecule is CCCc1cccc(OC)c1CNC. The zero-order valence-corrected chi connectivity index (χ0v) is 9.26. The van der Waals surface area contributed by atoms with Crippen molar-refractivity contribution in [3.05, 3.63) is 29.3 Å². The minimum atomic E-state index is 0.874. The van der Waals surface area contributed by atoms with E-state index in [2.05, 4.69) is 24.4 Å². The van der Waals surface area contributed by atoms with Gasteiger partial charge in [0.05, 0.1) is 7.11 Å². The number of benzene rings is 1. The Morgan fingerprint density at radius 1 is 1.36 bits per heavy atom. The van der Waals surface area contributed by atoms with Gasteiger partial charge in [-0.3, -0.25) is 0 Å². The lowest BCUT2D eigenvalue weighted by Gasteiger charge is -2.12. The molecule has 0 saturated heterocycles. The van der Waals surface area contributed by atoms with E-state index in [-0.39, 0.29) is 0 Å². The van der Waals surface area contributed by atoms with Crippen molar-refractivity contribution in [2.45, 2.75) is 26.3 Å². The van der Waals surface area contributed by atoms with Gasteiger partial charge in [0.25, 0.3) is 0 Å². The Kier molecular flexibility index (Phi) is 4.47. The molecule has 0 heterocycles. The molecule has 0 atom stereocenters. The van der Waals surface area contributed by atoms with Gasteiger partial charge < -0.3 is 10.1 Å². The number of rotatable bonds is 5. The normalized spacial score (nSPS) is 10.2. The minimum Gasteiger partial charge on any atom is -0.496 e. The first-order valence-electron chi connectivity index (χ1n) is 5.12. The van der Waals surface area contributed by atoms with Crippen LogP contribution in [0.3, 0.4) is 0 Å². The van der Waals surface area contributed by atoms with Crippen LogP contribution in [-0.4, -0.2) is 14.2 Å². The lowest BCUT2D eigenvalue weighted by molar-refractivity contribution is 0.407. The van der Waals surface area contributed by atoms with Crippen LogP contribution in [0.4, 0.5) is 0 Å². The van der Waals surface area contributed by atoms with Crippen molar-refractivity contribution in [2.75, 3.05) is 14.2 Å². The van der Waals surface area contributed by atoms with E-state index >= 15 is 0 Å².